The molecule has 1 aromatic heterocycles. The molecule has 33 heavy (non-hydrogen) atoms. The van der Waals surface area contributed by atoms with Gasteiger partial charge in [-0.3, -0.25) is 9.69 Å². The van der Waals surface area contributed by atoms with Crippen molar-refractivity contribution in [1.82, 2.24) is 10.2 Å². The number of amides is 3. The molecule has 0 saturated carbocycles. The number of methoxy groups -OCH3 is 2. The van der Waals surface area contributed by atoms with Crippen molar-refractivity contribution in [3.05, 3.63) is 77.9 Å². The largest absolute Gasteiger partial charge is 0.493 e. The van der Waals surface area contributed by atoms with E-state index in [1.54, 1.807) is 24.3 Å². The fourth-order valence-corrected chi connectivity index (χ4v) is 3.24. The second-order valence-corrected chi connectivity index (χ2v) is 6.94. The number of esters is 1. The highest BCUT2D eigenvalue weighted by molar-refractivity contribution is 6.13. The topological polar surface area (TPSA) is 107 Å². The van der Waals surface area contributed by atoms with E-state index >= 15 is 0 Å². The minimum Gasteiger partial charge on any atom is -0.493 e. The van der Waals surface area contributed by atoms with E-state index in [1.807, 2.05) is 6.07 Å². The highest BCUT2D eigenvalue weighted by Gasteiger charge is 2.34. The quantitative estimate of drug-likeness (QED) is 0.255. The Balaban J connectivity index is 1.86. The zero-order valence-electron chi connectivity index (χ0n) is 18.4. The molecule has 2 heterocycles. The van der Waals surface area contributed by atoms with Crippen LogP contribution in [0, 0.1) is 0 Å². The van der Waals surface area contributed by atoms with Crippen LogP contribution in [-0.2, 0) is 22.5 Å². The molecule has 0 bridgehead atoms. The Kier molecular flexibility index (Phi) is 7.34. The Hall–Kier alpha value is -4.27. The standard InChI is InChI=1S/C24H24N2O7/c1-5-7-16-11-15(13-20(30-3)21(16)32-10-6-2)12-18-22(27)26(24(29)25-18)14-17-8-9-19(33-17)23(28)31-4/h5-6,8-9,11-13H,1-2,7,10,14H2,3-4H3,(H,25,29). The minimum absolute atomic E-state index is 0.0177. The van der Waals surface area contributed by atoms with Crippen LogP contribution < -0.4 is 14.8 Å². The van der Waals surface area contributed by atoms with Crippen LogP contribution in [0.15, 0.2) is 59.7 Å². The maximum atomic E-state index is 12.9. The molecular weight excluding hydrogens is 428 g/mol. The molecule has 1 aromatic carbocycles. The molecule has 9 heteroatoms. The van der Waals surface area contributed by atoms with Crippen LogP contribution >= 0.6 is 0 Å². The van der Waals surface area contributed by atoms with Gasteiger partial charge in [-0.15, -0.1) is 6.58 Å². The second kappa shape index (κ2) is 10.4. The predicted molar refractivity (Wildman–Crippen MR) is 120 cm³/mol. The number of nitrogens with zero attached hydrogens (tertiary/aromatic N) is 1. The van der Waals surface area contributed by atoms with E-state index < -0.39 is 17.9 Å². The first-order chi connectivity index (χ1) is 15.9. The number of benzene rings is 1. The van der Waals surface area contributed by atoms with E-state index in [0.717, 1.165) is 10.5 Å². The number of hydrogen-bond donors (Lipinski definition) is 1. The number of imide groups is 1. The summed E-state index contributed by atoms with van der Waals surface area (Å²) in [6.07, 6.45) is 5.41. The lowest BCUT2D eigenvalue weighted by molar-refractivity contribution is -0.123. The smallest absolute Gasteiger partial charge is 0.373 e. The molecule has 172 valence electrons. The van der Waals surface area contributed by atoms with E-state index in [-0.39, 0.29) is 23.8 Å². The number of carbonyl (C=O) groups excluding carboxylic acids is 3. The summed E-state index contributed by atoms with van der Waals surface area (Å²) in [6, 6.07) is 5.84. The van der Waals surface area contributed by atoms with Crippen LogP contribution in [0.5, 0.6) is 11.5 Å². The van der Waals surface area contributed by atoms with Gasteiger partial charge in [-0.05, 0) is 42.3 Å². The average Bonchev–Trinajstić information content (AvgIpc) is 3.38. The van der Waals surface area contributed by atoms with Crippen LogP contribution in [0.2, 0.25) is 0 Å². The fourth-order valence-electron chi connectivity index (χ4n) is 3.24. The highest BCUT2D eigenvalue weighted by Crippen LogP contribution is 2.34. The highest BCUT2D eigenvalue weighted by atomic mass is 16.5. The number of urea groups is 1. The van der Waals surface area contributed by atoms with Gasteiger partial charge in [0, 0.05) is 5.56 Å². The van der Waals surface area contributed by atoms with Gasteiger partial charge in [-0.25, -0.2) is 9.59 Å². The molecular formula is C24H24N2O7. The summed E-state index contributed by atoms with van der Waals surface area (Å²) < 4.78 is 21.1. The summed E-state index contributed by atoms with van der Waals surface area (Å²) in [6.45, 7) is 7.58. The number of allylic oxidation sites excluding steroid dienone is 1. The predicted octanol–water partition coefficient (Wildman–Crippen LogP) is 3.46. The van der Waals surface area contributed by atoms with Crippen molar-refractivity contribution in [2.75, 3.05) is 20.8 Å². The summed E-state index contributed by atoms with van der Waals surface area (Å²) in [4.78, 5) is 37.8. The number of hydrogen-bond acceptors (Lipinski definition) is 7. The second-order valence-electron chi connectivity index (χ2n) is 6.94. The Morgan fingerprint density at radius 3 is 2.64 bits per heavy atom. The van der Waals surface area contributed by atoms with Gasteiger partial charge in [0.2, 0.25) is 5.76 Å². The van der Waals surface area contributed by atoms with Crippen molar-refractivity contribution in [2.24, 2.45) is 0 Å². The van der Waals surface area contributed by atoms with Crippen LogP contribution in [0.4, 0.5) is 4.79 Å². The molecule has 1 saturated heterocycles. The van der Waals surface area contributed by atoms with Crippen molar-refractivity contribution < 1.29 is 33.0 Å². The fraction of sp³-hybridized carbons (Fsp3) is 0.208. The van der Waals surface area contributed by atoms with Gasteiger partial charge in [-0.2, -0.15) is 0 Å². The van der Waals surface area contributed by atoms with Crippen molar-refractivity contribution in [3.63, 3.8) is 0 Å². The minimum atomic E-state index is -0.649. The molecule has 0 atom stereocenters. The first kappa shape index (κ1) is 23.4. The van der Waals surface area contributed by atoms with Crippen LogP contribution in [0.3, 0.4) is 0 Å². The normalized spacial score (nSPS) is 14.2. The van der Waals surface area contributed by atoms with Crippen molar-refractivity contribution in [1.29, 1.82) is 0 Å². The maximum Gasteiger partial charge on any atom is 0.373 e. The molecule has 2 aromatic rings. The van der Waals surface area contributed by atoms with E-state index in [0.29, 0.717) is 30.1 Å². The first-order valence-electron chi connectivity index (χ1n) is 9.98. The van der Waals surface area contributed by atoms with Gasteiger partial charge >= 0.3 is 12.0 Å². The van der Waals surface area contributed by atoms with Crippen molar-refractivity contribution in [3.8, 4) is 11.5 Å². The van der Waals surface area contributed by atoms with E-state index in [9.17, 15) is 14.4 Å². The molecule has 0 radical (unpaired) electrons. The van der Waals surface area contributed by atoms with E-state index in [2.05, 4.69) is 23.2 Å². The zero-order valence-corrected chi connectivity index (χ0v) is 18.4. The van der Waals surface area contributed by atoms with Gasteiger partial charge in [0.25, 0.3) is 5.91 Å². The zero-order chi connectivity index (χ0) is 24.0. The van der Waals surface area contributed by atoms with Gasteiger partial charge in [0.05, 0.1) is 20.8 Å². The summed E-state index contributed by atoms with van der Waals surface area (Å²) in [5, 5.41) is 2.56. The Morgan fingerprint density at radius 2 is 1.97 bits per heavy atom. The molecule has 0 spiro atoms. The third-order valence-electron chi connectivity index (χ3n) is 4.72. The Bertz CT molecular complexity index is 1130. The molecule has 1 N–H and O–H groups in total. The lowest BCUT2D eigenvalue weighted by atomic mass is 10.0. The average molecular weight is 452 g/mol. The lowest BCUT2D eigenvalue weighted by Crippen LogP contribution is -2.30. The molecule has 1 aliphatic rings. The monoisotopic (exact) mass is 452 g/mol. The summed E-state index contributed by atoms with van der Waals surface area (Å²) in [5.41, 5.74) is 1.52. The lowest BCUT2D eigenvalue weighted by Gasteiger charge is -2.15. The number of carbonyl (C=O) groups is 3. The molecule has 3 rings (SSSR count). The van der Waals surface area contributed by atoms with Crippen LogP contribution in [-0.4, -0.2) is 43.6 Å². The van der Waals surface area contributed by atoms with E-state index in [4.69, 9.17) is 13.9 Å². The SMILES string of the molecule is C=CCOc1c(CC=C)cc(C=C2NC(=O)N(Cc3ccc(C(=O)OC)o3)C2=O)cc1OC. The third kappa shape index (κ3) is 5.15. The first-order valence-corrected chi connectivity index (χ1v) is 9.98. The number of ether oxygens (including phenoxy) is 3. The summed E-state index contributed by atoms with van der Waals surface area (Å²) in [5.74, 6) is 0.0931. The van der Waals surface area contributed by atoms with Crippen molar-refractivity contribution in [2.45, 2.75) is 13.0 Å². The van der Waals surface area contributed by atoms with E-state index in [1.165, 1.54) is 26.4 Å². The number of furan rings is 1. The molecule has 1 aliphatic heterocycles. The number of rotatable bonds is 10. The van der Waals surface area contributed by atoms with Gasteiger partial charge in [0.1, 0.15) is 18.1 Å². The molecule has 0 unspecified atom stereocenters. The Labute approximate surface area is 190 Å². The maximum absolute atomic E-state index is 12.9. The summed E-state index contributed by atoms with van der Waals surface area (Å²) in [7, 11) is 2.74. The van der Waals surface area contributed by atoms with Gasteiger partial charge in [0.15, 0.2) is 11.5 Å². The molecule has 3 amide bonds. The molecule has 0 aliphatic carbocycles. The molecule has 9 nitrogen and oxygen atoms in total. The third-order valence-corrected chi connectivity index (χ3v) is 4.72. The van der Waals surface area contributed by atoms with Crippen LogP contribution in [0.25, 0.3) is 6.08 Å². The number of nitrogens with one attached hydrogen (secondary N) is 1. The van der Waals surface area contributed by atoms with Crippen LogP contribution in [0.1, 0.15) is 27.4 Å². The van der Waals surface area contributed by atoms with Gasteiger partial charge < -0.3 is 23.9 Å². The Morgan fingerprint density at radius 1 is 1.18 bits per heavy atom. The molecule has 1 fully saturated rings. The summed E-state index contributed by atoms with van der Waals surface area (Å²) >= 11 is 0. The van der Waals surface area contributed by atoms with Crippen molar-refractivity contribution >= 4 is 24.0 Å². The van der Waals surface area contributed by atoms with Gasteiger partial charge in [-0.1, -0.05) is 18.7 Å².